The highest BCUT2D eigenvalue weighted by molar-refractivity contribution is 6.07. The van der Waals surface area contributed by atoms with E-state index >= 15 is 8.78 Å². The van der Waals surface area contributed by atoms with Crippen molar-refractivity contribution in [2.75, 3.05) is 43.0 Å². The number of amides is 2. The number of fused-ring (bicyclic) bond motifs is 7. The Morgan fingerprint density at radius 3 is 2.55 bits per heavy atom. The van der Waals surface area contributed by atoms with Crippen LogP contribution in [0.1, 0.15) is 69.6 Å². The highest BCUT2D eigenvalue weighted by Crippen LogP contribution is 2.49. The van der Waals surface area contributed by atoms with Gasteiger partial charge in [-0.2, -0.15) is 15.2 Å². The smallest absolute Gasteiger partial charge is 0.414 e. The van der Waals surface area contributed by atoms with Gasteiger partial charge in [0, 0.05) is 49.3 Å². The number of nitrogens with zero attached hydrogens (tertiary/aromatic N) is 6. The van der Waals surface area contributed by atoms with Crippen molar-refractivity contribution in [1.29, 1.82) is 5.26 Å². The first-order chi connectivity index (χ1) is 26.7. The number of nitrogens with one attached hydrogen (secondary N) is 1. The second-order valence-electron chi connectivity index (χ2n) is 16.4. The summed E-state index contributed by atoms with van der Waals surface area (Å²) in [6.07, 6.45) is 0.307. The monoisotopic (exact) mass is 775 g/mol. The highest BCUT2D eigenvalue weighted by atomic mass is 19.1. The number of aromatic nitrogens is 2. The molecule has 17 heteroatoms. The summed E-state index contributed by atoms with van der Waals surface area (Å²) in [5.41, 5.74) is -1.47. The summed E-state index contributed by atoms with van der Waals surface area (Å²) >= 11 is 0. The molecule has 294 valence electrons. The van der Waals surface area contributed by atoms with Crippen LogP contribution in [0.4, 0.5) is 34.5 Å². The van der Waals surface area contributed by atoms with Crippen LogP contribution in [0.15, 0.2) is 16.5 Å². The molecule has 5 aliphatic heterocycles. The summed E-state index contributed by atoms with van der Waals surface area (Å²) in [6.45, 7) is 6.45. The lowest BCUT2D eigenvalue weighted by molar-refractivity contribution is 0.0632. The van der Waals surface area contributed by atoms with E-state index in [0.29, 0.717) is 41.7 Å². The van der Waals surface area contributed by atoms with Crippen molar-refractivity contribution in [2.24, 2.45) is 0 Å². The fourth-order valence-corrected chi connectivity index (χ4v) is 9.56. The lowest BCUT2D eigenvalue weighted by atomic mass is 9.90. The molecule has 0 spiro atoms. The maximum Gasteiger partial charge on any atom is 0.414 e. The number of anilines is 2. The molecule has 4 atom stereocenters. The van der Waals surface area contributed by atoms with Crippen molar-refractivity contribution in [3.8, 4) is 23.2 Å². The molecule has 2 aromatic carbocycles. The van der Waals surface area contributed by atoms with Gasteiger partial charge in [0.25, 0.3) is 0 Å². The quantitative estimate of drug-likeness (QED) is 0.209. The zero-order valence-electron chi connectivity index (χ0n) is 31.1. The number of rotatable bonds is 6. The van der Waals surface area contributed by atoms with Crippen molar-refractivity contribution in [3.63, 3.8) is 0 Å². The number of carbonyl (C=O) groups is 2. The highest BCUT2D eigenvalue weighted by Gasteiger charge is 2.50. The van der Waals surface area contributed by atoms with Gasteiger partial charge in [-0.05, 0) is 76.3 Å². The largest absolute Gasteiger partial charge is 0.465 e. The van der Waals surface area contributed by atoms with Gasteiger partial charge in [0.15, 0.2) is 5.82 Å². The molecule has 7 heterocycles. The van der Waals surface area contributed by atoms with Gasteiger partial charge in [0.1, 0.15) is 52.7 Å². The SMILES string of the molecule is CC(C)(C)OC(=O)Nc1oc2ccc(F)c(-c3c4c(c5c(N6C7CCC6CN(C(=O)O)C7)nc(OC[C@@]67CCCN6C[C@H](F)C7)nc5c3F)COC4)c2c1C#N. The Morgan fingerprint density at radius 2 is 1.84 bits per heavy atom. The Balaban J connectivity index is 1.23. The molecular formula is C39H40F3N7O7. The maximum atomic E-state index is 17.7. The average Bonchev–Trinajstić information content (AvgIpc) is 3.94. The first-order valence-corrected chi connectivity index (χ1v) is 18.8. The molecule has 2 bridgehead atoms. The van der Waals surface area contributed by atoms with Crippen molar-refractivity contribution >= 4 is 45.8 Å². The van der Waals surface area contributed by atoms with E-state index in [0.717, 1.165) is 25.5 Å². The third kappa shape index (κ3) is 5.83. The number of hydrogen-bond donors (Lipinski definition) is 2. The number of piperazine rings is 1. The molecule has 4 fully saturated rings. The summed E-state index contributed by atoms with van der Waals surface area (Å²) in [7, 11) is 0. The number of carbonyl (C=O) groups excluding carboxylic acids is 1. The molecular weight excluding hydrogens is 735 g/mol. The van der Waals surface area contributed by atoms with E-state index in [-0.39, 0.29) is 96.5 Å². The molecule has 9 rings (SSSR count). The van der Waals surface area contributed by atoms with Crippen molar-refractivity contribution in [2.45, 2.75) is 95.5 Å². The van der Waals surface area contributed by atoms with E-state index in [4.69, 9.17) is 23.6 Å². The van der Waals surface area contributed by atoms with Gasteiger partial charge in [-0.25, -0.2) is 22.8 Å². The van der Waals surface area contributed by atoms with Gasteiger partial charge in [-0.15, -0.1) is 0 Å². The summed E-state index contributed by atoms with van der Waals surface area (Å²) in [5, 5.41) is 22.9. The molecule has 5 aliphatic rings. The van der Waals surface area contributed by atoms with E-state index in [9.17, 15) is 24.3 Å². The van der Waals surface area contributed by atoms with Gasteiger partial charge < -0.3 is 33.5 Å². The van der Waals surface area contributed by atoms with Crippen molar-refractivity contribution in [3.05, 3.63) is 40.5 Å². The van der Waals surface area contributed by atoms with E-state index in [1.165, 1.54) is 11.0 Å². The molecule has 0 radical (unpaired) electrons. The Bertz CT molecular complexity index is 2350. The van der Waals surface area contributed by atoms with Gasteiger partial charge >= 0.3 is 18.2 Å². The maximum absolute atomic E-state index is 17.7. The molecule has 2 N–H and O–H groups in total. The summed E-state index contributed by atoms with van der Waals surface area (Å²) < 4.78 is 72.2. The zero-order valence-corrected chi connectivity index (χ0v) is 31.1. The minimum Gasteiger partial charge on any atom is -0.465 e. The molecule has 56 heavy (non-hydrogen) atoms. The van der Waals surface area contributed by atoms with Gasteiger partial charge in [0.2, 0.25) is 5.88 Å². The third-order valence-corrected chi connectivity index (χ3v) is 11.8. The Morgan fingerprint density at radius 1 is 1.09 bits per heavy atom. The molecule has 2 unspecified atom stereocenters. The Hall–Kier alpha value is -5.34. The standard InChI is InChI=1S/C39H40F3N7O7/c1-38(2,3)56-36(50)46-34-22(12-43)27-26(55-34)8-7-25(41)30(27)28-23-16-53-17-24(23)29-32(31(28)42)44-35(54-18-39-9-4-10-48(39)13-19(40)11-39)45-33(29)49-20-5-6-21(49)15-47(14-20)37(51)52/h7-8,19-21H,4-6,9-11,13-18H2,1-3H3,(H,46,50)(H,51,52)/t19-,20?,21?,39+/m1/s1. The number of carboxylic acid groups (broad SMARTS) is 1. The predicted molar refractivity (Wildman–Crippen MR) is 195 cm³/mol. The van der Waals surface area contributed by atoms with Gasteiger partial charge in [-0.1, -0.05) is 0 Å². The lowest BCUT2D eigenvalue weighted by Gasteiger charge is -2.41. The van der Waals surface area contributed by atoms with Crippen LogP contribution < -0.4 is 15.0 Å². The lowest BCUT2D eigenvalue weighted by Crippen LogP contribution is -2.55. The van der Waals surface area contributed by atoms with Gasteiger partial charge in [-0.3, -0.25) is 10.2 Å². The fourth-order valence-electron chi connectivity index (χ4n) is 9.56. The molecule has 0 aliphatic carbocycles. The average molecular weight is 776 g/mol. The number of benzene rings is 2. The predicted octanol–water partition coefficient (Wildman–Crippen LogP) is 6.86. The molecule has 4 saturated heterocycles. The summed E-state index contributed by atoms with van der Waals surface area (Å²) in [4.78, 5) is 39.8. The number of hydrogen-bond acceptors (Lipinski definition) is 11. The van der Waals surface area contributed by atoms with Crippen LogP contribution in [0.3, 0.4) is 0 Å². The fraction of sp³-hybridized carbons (Fsp3) is 0.513. The van der Waals surface area contributed by atoms with Crippen LogP contribution in [0.25, 0.3) is 33.0 Å². The van der Waals surface area contributed by atoms with Crippen LogP contribution in [0, 0.1) is 23.0 Å². The molecule has 2 aromatic heterocycles. The van der Waals surface area contributed by atoms with Gasteiger partial charge in [0.05, 0.1) is 29.5 Å². The van der Waals surface area contributed by atoms with E-state index in [1.807, 2.05) is 11.0 Å². The first-order valence-electron chi connectivity index (χ1n) is 18.8. The second-order valence-corrected chi connectivity index (χ2v) is 16.4. The molecule has 14 nitrogen and oxygen atoms in total. The van der Waals surface area contributed by atoms with Crippen LogP contribution in [-0.4, -0.2) is 99.2 Å². The minimum absolute atomic E-state index is 0.00952. The van der Waals surface area contributed by atoms with Crippen LogP contribution in [0.5, 0.6) is 6.01 Å². The Kier molecular flexibility index (Phi) is 8.51. The number of furan rings is 1. The van der Waals surface area contributed by atoms with Crippen molar-refractivity contribution < 1.29 is 46.5 Å². The number of halogens is 3. The van der Waals surface area contributed by atoms with E-state index < -0.39 is 41.1 Å². The summed E-state index contributed by atoms with van der Waals surface area (Å²) in [5.74, 6) is -1.72. The molecule has 0 saturated carbocycles. The molecule has 2 amide bonds. The van der Waals surface area contributed by atoms with Crippen LogP contribution >= 0.6 is 0 Å². The topological polar surface area (TPSA) is 167 Å². The summed E-state index contributed by atoms with van der Waals surface area (Å²) in [6, 6.07) is 3.69. The number of nitriles is 1. The first kappa shape index (κ1) is 36.3. The third-order valence-electron chi connectivity index (χ3n) is 11.8. The normalized spacial score (nSPS) is 24.5. The van der Waals surface area contributed by atoms with E-state index in [1.54, 1.807) is 20.8 Å². The number of ether oxygens (including phenoxy) is 3. The Labute approximate surface area is 319 Å². The van der Waals surface area contributed by atoms with Crippen LogP contribution in [-0.2, 0) is 22.7 Å². The van der Waals surface area contributed by atoms with E-state index in [2.05, 4.69) is 15.2 Å². The number of alkyl halides is 1. The second kappa shape index (κ2) is 13.1. The minimum atomic E-state index is -1.03. The van der Waals surface area contributed by atoms with Crippen LogP contribution in [0.2, 0.25) is 0 Å². The van der Waals surface area contributed by atoms with Crippen molar-refractivity contribution in [1.82, 2.24) is 19.8 Å². The molecule has 4 aromatic rings. The number of likely N-dealkylation sites (tertiary alicyclic amines) is 1. The zero-order chi connectivity index (χ0) is 39.3.